The predicted molar refractivity (Wildman–Crippen MR) is 96.8 cm³/mol. The summed E-state index contributed by atoms with van der Waals surface area (Å²) in [7, 11) is 1.60. The van der Waals surface area contributed by atoms with Gasteiger partial charge in [0.15, 0.2) is 5.82 Å². The minimum Gasteiger partial charge on any atom is -0.377 e. The summed E-state index contributed by atoms with van der Waals surface area (Å²) in [6.45, 7) is 3.45. The maximum Gasteiger partial charge on any atom is 0.252 e. The van der Waals surface area contributed by atoms with Crippen LogP contribution in [0.3, 0.4) is 0 Å². The summed E-state index contributed by atoms with van der Waals surface area (Å²) in [5.41, 5.74) is 0.512. The van der Waals surface area contributed by atoms with E-state index in [2.05, 4.69) is 20.4 Å². The molecule has 0 spiro atoms. The van der Waals surface area contributed by atoms with Gasteiger partial charge < -0.3 is 14.6 Å². The van der Waals surface area contributed by atoms with Crippen molar-refractivity contribution in [3.8, 4) is 0 Å². The van der Waals surface area contributed by atoms with Gasteiger partial charge in [0.2, 0.25) is 5.89 Å². The van der Waals surface area contributed by atoms with E-state index in [0.29, 0.717) is 47.9 Å². The van der Waals surface area contributed by atoms with E-state index in [1.807, 2.05) is 12.1 Å². The third kappa shape index (κ3) is 5.03. The van der Waals surface area contributed by atoms with Crippen molar-refractivity contribution in [2.45, 2.75) is 26.0 Å². The Morgan fingerprint density at radius 1 is 1.46 bits per heavy atom. The lowest BCUT2D eigenvalue weighted by molar-refractivity contribution is 0.0926. The zero-order valence-electron chi connectivity index (χ0n) is 14.8. The number of benzene rings is 1. The third-order valence-corrected chi connectivity index (χ3v) is 4.74. The summed E-state index contributed by atoms with van der Waals surface area (Å²) in [6, 6.07) is 7.08. The van der Waals surface area contributed by atoms with Gasteiger partial charge in [-0.05, 0) is 37.4 Å². The van der Waals surface area contributed by atoms with Crippen LogP contribution in [0.2, 0.25) is 5.02 Å². The summed E-state index contributed by atoms with van der Waals surface area (Å²) in [5.74, 6) is 1.41. The highest BCUT2D eigenvalue weighted by atomic mass is 35.5. The molecule has 1 N–H and O–H groups in total. The predicted octanol–water partition coefficient (Wildman–Crippen LogP) is 2.51. The molecule has 0 saturated carbocycles. The molecular formula is C18H23ClN4O3. The zero-order chi connectivity index (χ0) is 18.4. The van der Waals surface area contributed by atoms with E-state index in [9.17, 15) is 4.79 Å². The molecule has 1 fully saturated rings. The lowest BCUT2D eigenvalue weighted by Gasteiger charge is -2.31. The van der Waals surface area contributed by atoms with Crippen molar-refractivity contribution in [2.75, 3.05) is 26.7 Å². The number of halogens is 1. The molecule has 140 valence electrons. The van der Waals surface area contributed by atoms with E-state index in [-0.39, 0.29) is 5.91 Å². The van der Waals surface area contributed by atoms with Crippen molar-refractivity contribution in [3.05, 3.63) is 46.6 Å². The molecule has 2 aromatic rings. The van der Waals surface area contributed by atoms with Crippen molar-refractivity contribution >= 4 is 17.5 Å². The number of likely N-dealkylation sites (tertiary alicyclic amines) is 1. The van der Waals surface area contributed by atoms with Crippen LogP contribution >= 0.6 is 11.6 Å². The van der Waals surface area contributed by atoms with E-state index in [1.165, 1.54) is 0 Å². The number of hydrogen-bond donors (Lipinski definition) is 1. The maximum absolute atomic E-state index is 12.3. The first kappa shape index (κ1) is 18.8. The van der Waals surface area contributed by atoms with Crippen LogP contribution in [0.4, 0.5) is 0 Å². The molecule has 0 radical (unpaired) electrons. The second kappa shape index (κ2) is 9.12. The molecule has 1 amide bonds. The van der Waals surface area contributed by atoms with E-state index in [1.54, 1.807) is 19.2 Å². The second-order valence-electron chi connectivity index (χ2n) is 6.47. The van der Waals surface area contributed by atoms with Crippen LogP contribution in [0.5, 0.6) is 0 Å². The molecule has 1 aromatic carbocycles. The van der Waals surface area contributed by atoms with Gasteiger partial charge in [-0.25, -0.2) is 0 Å². The molecule has 1 aliphatic heterocycles. The minimum absolute atomic E-state index is 0.131. The Kier molecular flexibility index (Phi) is 6.60. The largest absolute Gasteiger partial charge is 0.377 e. The first-order chi connectivity index (χ1) is 12.7. The molecule has 0 aliphatic carbocycles. The zero-order valence-corrected chi connectivity index (χ0v) is 15.5. The van der Waals surface area contributed by atoms with E-state index < -0.39 is 0 Å². The normalized spacial score (nSPS) is 18.0. The summed E-state index contributed by atoms with van der Waals surface area (Å²) >= 11 is 6.08. The van der Waals surface area contributed by atoms with Crippen LogP contribution in [-0.4, -0.2) is 47.7 Å². The van der Waals surface area contributed by atoms with E-state index >= 15 is 0 Å². The van der Waals surface area contributed by atoms with E-state index in [4.69, 9.17) is 20.9 Å². The average Bonchev–Trinajstić information content (AvgIpc) is 3.08. The number of amides is 1. The molecule has 3 rings (SSSR count). The Labute approximate surface area is 157 Å². The molecule has 1 aliphatic rings. The number of aromatic nitrogens is 2. The van der Waals surface area contributed by atoms with Gasteiger partial charge >= 0.3 is 0 Å². The Balaban J connectivity index is 1.48. The number of hydrogen-bond acceptors (Lipinski definition) is 6. The first-order valence-corrected chi connectivity index (χ1v) is 9.09. The van der Waals surface area contributed by atoms with Crippen LogP contribution in [0.25, 0.3) is 0 Å². The fraction of sp³-hybridized carbons (Fsp3) is 0.500. The van der Waals surface area contributed by atoms with Crippen molar-refractivity contribution in [3.63, 3.8) is 0 Å². The molecule has 2 heterocycles. The van der Waals surface area contributed by atoms with Gasteiger partial charge in [-0.1, -0.05) is 28.9 Å². The average molecular weight is 379 g/mol. The minimum atomic E-state index is -0.131. The highest BCUT2D eigenvalue weighted by Crippen LogP contribution is 2.19. The molecule has 8 heteroatoms. The SMILES string of the molecule is COCc1noc(CN2CCC[C@H](CNC(=O)c3ccccc3Cl)C2)n1. The molecule has 1 saturated heterocycles. The number of methoxy groups -OCH3 is 1. The highest BCUT2D eigenvalue weighted by Gasteiger charge is 2.22. The standard InChI is InChI=1S/C18H23ClN4O3/c1-25-12-16-21-17(26-22-16)11-23-8-4-5-13(10-23)9-20-18(24)14-6-2-3-7-15(14)19/h2-3,6-7,13H,4-5,8-12H2,1H3,(H,20,24)/t13-/m1/s1. The number of nitrogens with one attached hydrogen (secondary N) is 1. The molecule has 0 unspecified atom stereocenters. The highest BCUT2D eigenvalue weighted by molar-refractivity contribution is 6.33. The van der Waals surface area contributed by atoms with Crippen LogP contribution in [-0.2, 0) is 17.9 Å². The fourth-order valence-electron chi connectivity index (χ4n) is 3.17. The van der Waals surface area contributed by atoms with Crippen LogP contribution in [0, 0.1) is 5.92 Å². The van der Waals surface area contributed by atoms with Gasteiger partial charge in [0.25, 0.3) is 5.91 Å². The number of nitrogens with zero attached hydrogens (tertiary/aromatic N) is 3. The molecule has 1 atom stereocenters. The quantitative estimate of drug-likeness (QED) is 0.797. The monoisotopic (exact) mass is 378 g/mol. The molecule has 1 aromatic heterocycles. The third-order valence-electron chi connectivity index (χ3n) is 4.42. The van der Waals surface area contributed by atoms with Crippen LogP contribution < -0.4 is 5.32 Å². The van der Waals surface area contributed by atoms with Crippen molar-refractivity contribution in [1.29, 1.82) is 0 Å². The summed E-state index contributed by atoms with van der Waals surface area (Å²) in [5, 5.41) is 7.35. The Bertz CT molecular complexity index is 737. The van der Waals surface area contributed by atoms with Gasteiger partial charge in [-0.2, -0.15) is 4.98 Å². The van der Waals surface area contributed by atoms with Gasteiger partial charge in [0.1, 0.15) is 6.61 Å². The first-order valence-electron chi connectivity index (χ1n) is 8.71. The van der Waals surface area contributed by atoms with Crippen molar-refractivity contribution in [2.24, 2.45) is 5.92 Å². The smallest absolute Gasteiger partial charge is 0.252 e. The van der Waals surface area contributed by atoms with Crippen LogP contribution in [0.1, 0.15) is 34.9 Å². The van der Waals surface area contributed by atoms with Crippen molar-refractivity contribution < 1.29 is 14.1 Å². The summed E-state index contributed by atoms with van der Waals surface area (Å²) in [4.78, 5) is 18.9. The Morgan fingerprint density at radius 3 is 3.12 bits per heavy atom. The number of carbonyl (C=O) groups excluding carboxylic acids is 1. The summed E-state index contributed by atoms with van der Waals surface area (Å²) in [6.07, 6.45) is 2.16. The lowest BCUT2D eigenvalue weighted by Crippen LogP contribution is -2.40. The fourth-order valence-corrected chi connectivity index (χ4v) is 3.39. The molecular weight excluding hydrogens is 356 g/mol. The van der Waals surface area contributed by atoms with Crippen molar-refractivity contribution in [1.82, 2.24) is 20.4 Å². The van der Waals surface area contributed by atoms with Gasteiger partial charge in [-0.15, -0.1) is 0 Å². The van der Waals surface area contributed by atoms with E-state index in [0.717, 1.165) is 25.9 Å². The molecule has 7 nitrogen and oxygen atoms in total. The Hall–Kier alpha value is -1.96. The molecule has 26 heavy (non-hydrogen) atoms. The van der Waals surface area contributed by atoms with Crippen LogP contribution in [0.15, 0.2) is 28.8 Å². The lowest BCUT2D eigenvalue weighted by atomic mass is 9.98. The number of rotatable bonds is 7. The topological polar surface area (TPSA) is 80.5 Å². The Morgan fingerprint density at radius 2 is 2.31 bits per heavy atom. The summed E-state index contributed by atoms with van der Waals surface area (Å²) < 4.78 is 10.3. The maximum atomic E-state index is 12.3. The molecule has 0 bridgehead atoms. The number of piperidine rings is 1. The van der Waals surface area contributed by atoms with Gasteiger partial charge in [-0.3, -0.25) is 9.69 Å². The number of ether oxygens (including phenoxy) is 1. The number of carbonyl (C=O) groups is 1. The van der Waals surface area contributed by atoms with Gasteiger partial charge in [0.05, 0.1) is 17.1 Å². The van der Waals surface area contributed by atoms with Gasteiger partial charge in [0, 0.05) is 20.2 Å². The second-order valence-corrected chi connectivity index (χ2v) is 6.88.